The second-order valence-electron chi connectivity index (χ2n) is 3.91. The zero-order valence-corrected chi connectivity index (χ0v) is 10.8. The summed E-state index contributed by atoms with van der Waals surface area (Å²) in [5, 5.41) is 1.90. The molecule has 0 unspecified atom stereocenters. The third-order valence-electron chi connectivity index (χ3n) is 2.35. The van der Waals surface area contributed by atoms with Gasteiger partial charge in [0.05, 0.1) is 6.54 Å². The Kier molecular flexibility index (Phi) is 3.61. The van der Waals surface area contributed by atoms with Crippen LogP contribution in [0.25, 0.3) is 0 Å². The molecule has 0 atom stereocenters. The number of nitrogen functional groups attached to an aromatic ring is 1. The van der Waals surface area contributed by atoms with Crippen LogP contribution >= 0.6 is 11.3 Å². The fourth-order valence-electron chi connectivity index (χ4n) is 1.49. The number of hydrogen-bond donors (Lipinski definition) is 1. The Morgan fingerprint density at radius 2 is 2.11 bits per heavy atom. The van der Waals surface area contributed by atoms with E-state index in [4.69, 9.17) is 5.73 Å². The highest BCUT2D eigenvalue weighted by atomic mass is 32.1. The van der Waals surface area contributed by atoms with Crippen molar-refractivity contribution in [3.05, 3.63) is 34.3 Å². The van der Waals surface area contributed by atoms with Gasteiger partial charge >= 0.3 is 6.18 Å². The predicted molar refractivity (Wildman–Crippen MR) is 67.9 cm³/mol. The second kappa shape index (κ2) is 5.04. The molecule has 4 nitrogen and oxygen atoms in total. The minimum absolute atomic E-state index is 0.147. The van der Waals surface area contributed by atoms with Crippen LogP contribution < -0.4 is 10.6 Å². The Morgan fingerprint density at radius 1 is 1.37 bits per heavy atom. The number of thiophene rings is 1. The van der Waals surface area contributed by atoms with E-state index >= 15 is 0 Å². The van der Waals surface area contributed by atoms with E-state index < -0.39 is 12.0 Å². The number of anilines is 2. The molecule has 0 aromatic carbocycles. The van der Waals surface area contributed by atoms with Crippen molar-refractivity contribution in [2.75, 3.05) is 17.7 Å². The van der Waals surface area contributed by atoms with Crippen molar-refractivity contribution in [2.24, 2.45) is 0 Å². The van der Waals surface area contributed by atoms with E-state index in [1.165, 1.54) is 17.4 Å². The molecule has 0 bridgehead atoms. The van der Waals surface area contributed by atoms with Gasteiger partial charge in [-0.05, 0) is 11.4 Å². The van der Waals surface area contributed by atoms with Crippen molar-refractivity contribution in [3.8, 4) is 0 Å². The summed E-state index contributed by atoms with van der Waals surface area (Å²) in [5.41, 5.74) is 5.39. The van der Waals surface area contributed by atoms with Crippen LogP contribution in [0.15, 0.2) is 23.6 Å². The third-order valence-corrected chi connectivity index (χ3v) is 3.21. The van der Waals surface area contributed by atoms with Crippen molar-refractivity contribution in [1.82, 2.24) is 9.97 Å². The number of hydrogen-bond acceptors (Lipinski definition) is 5. The van der Waals surface area contributed by atoms with Gasteiger partial charge in [-0.15, -0.1) is 11.3 Å². The summed E-state index contributed by atoms with van der Waals surface area (Å²) in [4.78, 5) is 9.32. The van der Waals surface area contributed by atoms with E-state index in [1.807, 2.05) is 17.5 Å². The van der Waals surface area contributed by atoms with Crippen molar-refractivity contribution in [2.45, 2.75) is 12.7 Å². The van der Waals surface area contributed by atoms with Crippen molar-refractivity contribution in [1.29, 1.82) is 0 Å². The number of rotatable bonds is 3. The summed E-state index contributed by atoms with van der Waals surface area (Å²) in [5.74, 6) is -1.27. The van der Waals surface area contributed by atoms with E-state index in [0.29, 0.717) is 6.54 Å². The van der Waals surface area contributed by atoms with E-state index in [0.717, 1.165) is 4.88 Å². The van der Waals surface area contributed by atoms with Gasteiger partial charge in [0.15, 0.2) is 0 Å². The van der Waals surface area contributed by atoms with Crippen molar-refractivity contribution in [3.63, 3.8) is 0 Å². The van der Waals surface area contributed by atoms with Crippen LogP contribution in [0, 0.1) is 0 Å². The standard InChI is InChI=1S/C11H11F3N4S/c1-18(6-7-3-2-4-19-7)9-5-8(15)16-10(17-9)11(12,13)14/h2-5H,6H2,1H3,(H2,15,16,17). The first kappa shape index (κ1) is 13.6. The molecule has 0 amide bonds. The highest BCUT2D eigenvalue weighted by Crippen LogP contribution is 2.28. The minimum atomic E-state index is -4.60. The monoisotopic (exact) mass is 288 g/mol. The van der Waals surface area contributed by atoms with E-state index in [-0.39, 0.29) is 11.6 Å². The van der Waals surface area contributed by atoms with Gasteiger partial charge in [0.1, 0.15) is 11.6 Å². The number of nitrogens with zero attached hydrogens (tertiary/aromatic N) is 3. The Labute approximate surface area is 111 Å². The zero-order chi connectivity index (χ0) is 14.0. The first-order chi connectivity index (χ1) is 8.86. The van der Waals surface area contributed by atoms with Crippen LogP contribution in [-0.2, 0) is 12.7 Å². The first-order valence-electron chi connectivity index (χ1n) is 5.31. The van der Waals surface area contributed by atoms with Gasteiger partial charge in [0, 0.05) is 18.0 Å². The van der Waals surface area contributed by atoms with Gasteiger partial charge < -0.3 is 10.6 Å². The maximum atomic E-state index is 12.6. The Bertz CT molecular complexity index is 554. The molecule has 2 aromatic rings. The van der Waals surface area contributed by atoms with Crippen molar-refractivity contribution >= 4 is 23.0 Å². The van der Waals surface area contributed by atoms with E-state index in [1.54, 1.807) is 11.9 Å². The van der Waals surface area contributed by atoms with Crippen LogP contribution in [0.4, 0.5) is 24.8 Å². The molecule has 0 radical (unpaired) electrons. The van der Waals surface area contributed by atoms with Crippen molar-refractivity contribution < 1.29 is 13.2 Å². The Balaban J connectivity index is 2.26. The fourth-order valence-corrected chi connectivity index (χ4v) is 2.25. The van der Waals surface area contributed by atoms with Crippen LogP contribution in [0.5, 0.6) is 0 Å². The normalized spacial score (nSPS) is 11.6. The fraction of sp³-hybridized carbons (Fsp3) is 0.273. The van der Waals surface area contributed by atoms with Crippen LogP contribution in [0.1, 0.15) is 10.7 Å². The SMILES string of the molecule is CN(Cc1cccs1)c1cc(N)nc(C(F)(F)F)n1. The van der Waals surface area contributed by atoms with E-state index in [2.05, 4.69) is 9.97 Å². The maximum Gasteiger partial charge on any atom is 0.451 e. The molecular formula is C11H11F3N4S. The smallest absolute Gasteiger partial charge is 0.384 e. The summed E-state index contributed by atoms with van der Waals surface area (Å²) in [7, 11) is 1.65. The van der Waals surface area contributed by atoms with Gasteiger partial charge in [-0.25, -0.2) is 9.97 Å². The lowest BCUT2D eigenvalue weighted by Crippen LogP contribution is -2.21. The molecule has 2 rings (SSSR count). The Morgan fingerprint density at radius 3 is 2.68 bits per heavy atom. The van der Waals surface area contributed by atoms with Gasteiger partial charge in [0.2, 0.25) is 5.82 Å². The molecule has 0 aliphatic carbocycles. The molecule has 0 aliphatic rings. The third kappa shape index (κ3) is 3.34. The zero-order valence-electron chi connectivity index (χ0n) is 9.98. The van der Waals surface area contributed by atoms with Gasteiger partial charge in [-0.1, -0.05) is 6.07 Å². The summed E-state index contributed by atoms with van der Waals surface area (Å²) < 4.78 is 37.8. The predicted octanol–water partition coefficient (Wildman–Crippen LogP) is 2.78. The van der Waals surface area contributed by atoms with Crippen LogP contribution in [0.3, 0.4) is 0 Å². The number of nitrogens with two attached hydrogens (primary N) is 1. The molecule has 19 heavy (non-hydrogen) atoms. The first-order valence-corrected chi connectivity index (χ1v) is 6.19. The number of halogens is 3. The highest BCUT2D eigenvalue weighted by Gasteiger charge is 2.35. The summed E-state index contributed by atoms with van der Waals surface area (Å²) in [6.45, 7) is 0.464. The lowest BCUT2D eigenvalue weighted by Gasteiger charge is -2.18. The highest BCUT2D eigenvalue weighted by molar-refractivity contribution is 7.09. The molecule has 102 valence electrons. The quantitative estimate of drug-likeness (QED) is 0.943. The van der Waals surface area contributed by atoms with E-state index in [9.17, 15) is 13.2 Å². The molecule has 0 saturated carbocycles. The molecule has 0 saturated heterocycles. The van der Waals surface area contributed by atoms with Gasteiger partial charge in [0.25, 0.3) is 0 Å². The van der Waals surface area contributed by atoms with Gasteiger partial charge in [-0.3, -0.25) is 0 Å². The molecular weight excluding hydrogens is 277 g/mol. The van der Waals surface area contributed by atoms with Crippen LogP contribution in [0.2, 0.25) is 0 Å². The molecule has 2 aromatic heterocycles. The number of alkyl halides is 3. The topological polar surface area (TPSA) is 55.0 Å². The summed E-state index contributed by atoms with van der Waals surface area (Å²) in [6, 6.07) is 5.10. The average Bonchev–Trinajstić information content (AvgIpc) is 2.79. The molecule has 8 heteroatoms. The molecule has 0 fully saturated rings. The lowest BCUT2D eigenvalue weighted by molar-refractivity contribution is -0.144. The largest absolute Gasteiger partial charge is 0.451 e. The van der Waals surface area contributed by atoms with Gasteiger partial charge in [-0.2, -0.15) is 13.2 Å². The maximum absolute atomic E-state index is 12.6. The summed E-state index contributed by atoms with van der Waals surface area (Å²) in [6.07, 6.45) is -4.60. The Hall–Kier alpha value is -1.83. The molecule has 0 spiro atoms. The molecule has 2 heterocycles. The lowest BCUT2D eigenvalue weighted by atomic mass is 10.4. The molecule has 0 aliphatic heterocycles. The second-order valence-corrected chi connectivity index (χ2v) is 4.94. The molecule has 2 N–H and O–H groups in total. The summed E-state index contributed by atoms with van der Waals surface area (Å²) >= 11 is 1.52. The van der Waals surface area contributed by atoms with Crippen LogP contribution in [-0.4, -0.2) is 17.0 Å². The average molecular weight is 288 g/mol. The minimum Gasteiger partial charge on any atom is -0.384 e. The number of aromatic nitrogens is 2.